The van der Waals surface area contributed by atoms with Crippen LogP contribution in [0.5, 0.6) is 0 Å². The number of rotatable bonds is 5. The fourth-order valence-electron chi connectivity index (χ4n) is 2.28. The Labute approximate surface area is 134 Å². The highest BCUT2D eigenvalue weighted by Gasteiger charge is 2.24. The molecule has 0 bridgehead atoms. The molecule has 2 unspecified atom stereocenters. The number of nitrogens with zero attached hydrogens (tertiary/aromatic N) is 1. The average molecular weight is 329 g/mol. The topological polar surface area (TPSA) is 29.3 Å². The molecule has 0 spiro atoms. The zero-order valence-corrected chi connectivity index (χ0v) is 13.8. The van der Waals surface area contributed by atoms with Gasteiger partial charge < -0.3 is 5.73 Å². The highest BCUT2D eigenvalue weighted by molar-refractivity contribution is 7.10. The first-order valence-corrected chi connectivity index (χ1v) is 8.08. The first-order chi connectivity index (χ1) is 9.54. The minimum absolute atomic E-state index is 0.0401. The van der Waals surface area contributed by atoms with Crippen molar-refractivity contribution < 1.29 is 0 Å². The predicted octanol–water partition coefficient (Wildman–Crippen LogP) is 4.75. The molecule has 1 aromatic heterocycles. The minimum atomic E-state index is 0.0401. The van der Waals surface area contributed by atoms with Gasteiger partial charge in [-0.1, -0.05) is 29.3 Å². The molecule has 0 saturated carbocycles. The van der Waals surface area contributed by atoms with Crippen molar-refractivity contribution in [2.75, 3.05) is 13.6 Å². The number of likely N-dealkylation sites (N-methyl/N-ethyl adjacent to an activating group) is 1. The molecule has 2 N–H and O–H groups in total. The van der Waals surface area contributed by atoms with E-state index in [0.717, 1.165) is 5.56 Å². The van der Waals surface area contributed by atoms with Gasteiger partial charge in [0.05, 0.1) is 0 Å². The Balaban J connectivity index is 2.29. The Bertz CT molecular complexity index is 557. The van der Waals surface area contributed by atoms with E-state index in [-0.39, 0.29) is 12.1 Å². The molecule has 0 amide bonds. The van der Waals surface area contributed by atoms with E-state index >= 15 is 0 Å². The molecule has 1 heterocycles. The summed E-state index contributed by atoms with van der Waals surface area (Å²) in [6.45, 7) is 2.67. The zero-order valence-electron chi connectivity index (χ0n) is 11.5. The number of thiophene rings is 1. The van der Waals surface area contributed by atoms with E-state index in [1.807, 2.05) is 12.1 Å². The third kappa shape index (κ3) is 3.35. The molecule has 2 atom stereocenters. The summed E-state index contributed by atoms with van der Waals surface area (Å²) in [6, 6.07) is 10.0. The molecule has 2 aromatic rings. The van der Waals surface area contributed by atoms with Gasteiger partial charge in [-0.05, 0) is 49.2 Å². The minimum Gasteiger partial charge on any atom is -0.329 e. The van der Waals surface area contributed by atoms with Crippen LogP contribution in [0.15, 0.2) is 35.7 Å². The number of halogens is 2. The summed E-state index contributed by atoms with van der Waals surface area (Å²) in [6.07, 6.45) is 0. The van der Waals surface area contributed by atoms with Crippen molar-refractivity contribution >= 4 is 34.5 Å². The quantitative estimate of drug-likeness (QED) is 0.858. The fourth-order valence-corrected chi connectivity index (χ4v) is 3.54. The number of hydrogen-bond donors (Lipinski definition) is 1. The molecule has 2 rings (SSSR count). The van der Waals surface area contributed by atoms with Gasteiger partial charge in [0.25, 0.3) is 0 Å². The molecule has 0 fully saturated rings. The Morgan fingerprint density at radius 2 is 2.05 bits per heavy atom. The second-order valence-electron chi connectivity index (χ2n) is 4.77. The van der Waals surface area contributed by atoms with Crippen molar-refractivity contribution in [2.24, 2.45) is 5.73 Å². The smallest absolute Gasteiger partial charge is 0.0489 e. The number of hydrogen-bond acceptors (Lipinski definition) is 3. The van der Waals surface area contributed by atoms with Crippen LogP contribution in [0.3, 0.4) is 0 Å². The SMILES string of the molecule is CC(c1cccs1)N(C)C(CN)c1cc(Cl)ccc1Cl. The van der Waals surface area contributed by atoms with Crippen LogP contribution in [0.2, 0.25) is 10.0 Å². The van der Waals surface area contributed by atoms with Crippen LogP contribution in [0.4, 0.5) is 0 Å². The van der Waals surface area contributed by atoms with E-state index < -0.39 is 0 Å². The van der Waals surface area contributed by atoms with Gasteiger partial charge in [0.2, 0.25) is 0 Å². The maximum Gasteiger partial charge on any atom is 0.0489 e. The van der Waals surface area contributed by atoms with Crippen LogP contribution >= 0.6 is 34.5 Å². The number of nitrogens with two attached hydrogens (primary N) is 1. The fraction of sp³-hybridized carbons (Fsp3) is 0.333. The molecule has 1 aromatic carbocycles. The van der Waals surface area contributed by atoms with Crippen molar-refractivity contribution in [2.45, 2.75) is 19.0 Å². The largest absolute Gasteiger partial charge is 0.329 e. The molecule has 0 saturated heterocycles. The first-order valence-electron chi connectivity index (χ1n) is 6.45. The van der Waals surface area contributed by atoms with Gasteiger partial charge in [0.1, 0.15) is 0 Å². The standard InChI is InChI=1S/C15H18Cl2N2S/c1-10(15-4-3-7-20-15)19(2)14(9-18)12-8-11(16)5-6-13(12)17/h3-8,10,14H,9,18H2,1-2H3. The second-order valence-corrected chi connectivity index (χ2v) is 6.60. The molecule has 20 heavy (non-hydrogen) atoms. The van der Waals surface area contributed by atoms with Gasteiger partial charge in [-0.2, -0.15) is 0 Å². The second kappa shape index (κ2) is 6.92. The summed E-state index contributed by atoms with van der Waals surface area (Å²) in [5.41, 5.74) is 6.96. The molecular formula is C15H18Cl2N2S. The van der Waals surface area contributed by atoms with Crippen molar-refractivity contribution in [3.05, 3.63) is 56.2 Å². The van der Waals surface area contributed by atoms with Gasteiger partial charge in [-0.25, -0.2) is 0 Å². The van der Waals surface area contributed by atoms with E-state index in [1.54, 1.807) is 17.4 Å². The lowest BCUT2D eigenvalue weighted by molar-refractivity contribution is 0.193. The summed E-state index contributed by atoms with van der Waals surface area (Å²) in [4.78, 5) is 3.55. The summed E-state index contributed by atoms with van der Waals surface area (Å²) in [5, 5.41) is 3.47. The van der Waals surface area contributed by atoms with Crippen LogP contribution in [0.25, 0.3) is 0 Å². The Kier molecular flexibility index (Phi) is 5.47. The van der Waals surface area contributed by atoms with Crippen LogP contribution in [0, 0.1) is 0 Å². The number of benzene rings is 1. The lowest BCUT2D eigenvalue weighted by atomic mass is 10.0. The molecule has 0 radical (unpaired) electrons. The normalized spacial score (nSPS) is 14.5. The molecule has 5 heteroatoms. The molecule has 108 valence electrons. The van der Waals surface area contributed by atoms with Crippen molar-refractivity contribution in [3.8, 4) is 0 Å². The molecular weight excluding hydrogens is 311 g/mol. The lowest BCUT2D eigenvalue weighted by Crippen LogP contribution is -2.32. The summed E-state index contributed by atoms with van der Waals surface area (Å²) >= 11 is 14.1. The maximum absolute atomic E-state index is 6.31. The van der Waals surface area contributed by atoms with Gasteiger partial charge in [-0.3, -0.25) is 4.90 Å². The Morgan fingerprint density at radius 1 is 1.30 bits per heavy atom. The molecule has 0 aliphatic rings. The zero-order chi connectivity index (χ0) is 14.7. The van der Waals surface area contributed by atoms with Gasteiger partial charge in [0, 0.05) is 33.6 Å². The van der Waals surface area contributed by atoms with E-state index in [4.69, 9.17) is 28.9 Å². The third-order valence-corrected chi connectivity index (χ3v) is 5.22. The maximum atomic E-state index is 6.31. The highest BCUT2D eigenvalue weighted by Crippen LogP contribution is 2.34. The predicted molar refractivity (Wildman–Crippen MR) is 88.8 cm³/mol. The summed E-state index contributed by atoms with van der Waals surface area (Å²) in [5.74, 6) is 0. The van der Waals surface area contributed by atoms with Crippen LogP contribution < -0.4 is 5.73 Å². The van der Waals surface area contributed by atoms with Gasteiger partial charge in [-0.15, -0.1) is 11.3 Å². The van der Waals surface area contributed by atoms with Crippen molar-refractivity contribution in [1.82, 2.24) is 4.90 Å². The third-order valence-electron chi connectivity index (χ3n) is 3.60. The average Bonchev–Trinajstić information content (AvgIpc) is 2.96. The molecule has 0 aliphatic heterocycles. The van der Waals surface area contributed by atoms with E-state index in [2.05, 4.69) is 36.4 Å². The van der Waals surface area contributed by atoms with Gasteiger partial charge in [0.15, 0.2) is 0 Å². The summed E-state index contributed by atoms with van der Waals surface area (Å²) < 4.78 is 0. The van der Waals surface area contributed by atoms with E-state index in [0.29, 0.717) is 16.6 Å². The van der Waals surface area contributed by atoms with Crippen molar-refractivity contribution in [1.29, 1.82) is 0 Å². The monoisotopic (exact) mass is 328 g/mol. The molecule has 2 nitrogen and oxygen atoms in total. The van der Waals surface area contributed by atoms with Crippen LogP contribution in [-0.4, -0.2) is 18.5 Å². The Morgan fingerprint density at radius 3 is 2.65 bits per heavy atom. The highest BCUT2D eigenvalue weighted by atomic mass is 35.5. The van der Waals surface area contributed by atoms with Crippen molar-refractivity contribution in [3.63, 3.8) is 0 Å². The van der Waals surface area contributed by atoms with Crippen LogP contribution in [0.1, 0.15) is 29.4 Å². The molecule has 0 aliphatic carbocycles. The first kappa shape index (κ1) is 15.8. The van der Waals surface area contributed by atoms with E-state index in [9.17, 15) is 0 Å². The summed E-state index contributed by atoms with van der Waals surface area (Å²) in [7, 11) is 2.07. The van der Waals surface area contributed by atoms with Gasteiger partial charge >= 0.3 is 0 Å². The lowest BCUT2D eigenvalue weighted by Gasteiger charge is -2.33. The van der Waals surface area contributed by atoms with Crippen LogP contribution in [-0.2, 0) is 0 Å². The van der Waals surface area contributed by atoms with E-state index in [1.165, 1.54) is 4.88 Å². The Hall–Kier alpha value is -0.580.